The standard InChI is InChI=1S/C11H12O4S/c1-16(14,15)10-4-2-3-7-5-8(11(12)13)6-9(7)10/h2-4,8H,5-6H2,1H3,(H,12,13). The maximum Gasteiger partial charge on any atom is 0.307 e. The Hall–Kier alpha value is -1.36. The molecule has 1 aliphatic rings. The first-order valence-corrected chi connectivity index (χ1v) is 6.82. The van der Waals surface area contributed by atoms with E-state index >= 15 is 0 Å². The molecule has 4 nitrogen and oxygen atoms in total. The van der Waals surface area contributed by atoms with Gasteiger partial charge in [-0.2, -0.15) is 0 Å². The van der Waals surface area contributed by atoms with Crippen LogP contribution >= 0.6 is 0 Å². The number of benzene rings is 1. The molecule has 0 saturated carbocycles. The second-order valence-electron chi connectivity index (χ2n) is 4.11. The van der Waals surface area contributed by atoms with Crippen LogP contribution in [0.25, 0.3) is 0 Å². The van der Waals surface area contributed by atoms with Crippen LogP contribution in [0.15, 0.2) is 23.1 Å². The van der Waals surface area contributed by atoms with E-state index in [0.29, 0.717) is 18.4 Å². The molecule has 1 unspecified atom stereocenters. The number of rotatable bonds is 2. The van der Waals surface area contributed by atoms with E-state index in [-0.39, 0.29) is 4.90 Å². The molecule has 1 aromatic carbocycles. The molecule has 1 aromatic rings. The SMILES string of the molecule is CS(=O)(=O)c1cccc2c1CC(C(=O)O)C2. The van der Waals surface area contributed by atoms with Crippen LogP contribution in [0.3, 0.4) is 0 Å². The molecule has 0 aliphatic heterocycles. The van der Waals surface area contributed by atoms with Crippen LogP contribution in [0.4, 0.5) is 0 Å². The molecule has 1 aliphatic carbocycles. The third-order valence-corrected chi connectivity index (χ3v) is 4.08. The zero-order valence-corrected chi connectivity index (χ0v) is 9.62. The van der Waals surface area contributed by atoms with Crippen molar-refractivity contribution in [3.8, 4) is 0 Å². The van der Waals surface area contributed by atoms with E-state index in [1.165, 1.54) is 0 Å². The first kappa shape index (κ1) is 11.1. The molecule has 16 heavy (non-hydrogen) atoms. The van der Waals surface area contributed by atoms with Gasteiger partial charge in [-0.3, -0.25) is 4.79 Å². The largest absolute Gasteiger partial charge is 0.481 e. The van der Waals surface area contributed by atoms with Gasteiger partial charge in [0.05, 0.1) is 10.8 Å². The molecule has 1 atom stereocenters. The number of aliphatic carboxylic acids is 1. The molecule has 0 radical (unpaired) electrons. The van der Waals surface area contributed by atoms with Crippen molar-refractivity contribution < 1.29 is 18.3 Å². The molecule has 0 spiro atoms. The third-order valence-electron chi connectivity index (χ3n) is 2.90. The summed E-state index contributed by atoms with van der Waals surface area (Å²) in [6.45, 7) is 0. The fourth-order valence-electron chi connectivity index (χ4n) is 2.14. The molecule has 0 bridgehead atoms. The maximum absolute atomic E-state index is 11.5. The third kappa shape index (κ3) is 1.82. The minimum atomic E-state index is -3.27. The summed E-state index contributed by atoms with van der Waals surface area (Å²) in [6, 6.07) is 5.00. The van der Waals surface area contributed by atoms with Crippen molar-refractivity contribution in [1.29, 1.82) is 0 Å². The van der Waals surface area contributed by atoms with Crippen molar-refractivity contribution in [2.45, 2.75) is 17.7 Å². The lowest BCUT2D eigenvalue weighted by Crippen LogP contribution is -2.13. The Kier molecular flexibility index (Phi) is 2.50. The van der Waals surface area contributed by atoms with Gasteiger partial charge in [0.15, 0.2) is 9.84 Å². The highest BCUT2D eigenvalue weighted by atomic mass is 32.2. The molecule has 2 rings (SSSR count). The molecule has 0 heterocycles. The Bertz CT molecular complexity index is 545. The fourth-order valence-corrected chi connectivity index (χ4v) is 3.13. The lowest BCUT2D eigenvalue weighted by molar-refractivity contribution is -0.141. The smallest absolute Gasteiger partial charge is 0.307 e. The predicted molar refractivity (Wildman–Crippen MR) is 58.1 cm³/mol. The zero-order chi connectivity index (χ0) is 11.9. The first-order chi connectivity index (χ1) is 7.39. The summed E-state index contributed by atoms with van der Waals surface area (Å²) in [5, 5.41) is 8.93. The predicted octanol–water partition coefficient (Wildman–Crippen LogP) is 0.890. The minimum absolute atomic E-state index is 0.272. The van der Waals surface area contributed by atoms with Gasteiger partial charge >= 0.3 is 5.97 Å². The molecular weight excluding hydrogens is 228 g/mol. The van der Waals surface area contributed by atoms with Gasteiger partial charge in [-0.15, -0.1) is 0 Å². The van der Waals surface area contributed by atoms with Gasteiger partial charge in [-0.25, -0.2) is 8.42 Å². The van der Waals surface area contributed by atoms with E-state index in [9.17, 15) is 13.2 Å². The van der Waals surface area contributed by atoms with E-state index in [2.05, 4.69) is 0 Å². The lowest BCUT2D eigenvalue weighted by atomic mass is 10.1. The second-order valence-corrected chi connectivity index (χ2v) is 6.09. The Balaban J connectivity index is 2.51. The quantitative estimate of drug-likeness (QED) is 0.833. The first-order valence-electron chi connectivity index (χ1n) is 4.93. The Morgan fingerprint density at radius 1 is 1.38 bits per heavy atom. The van der Waals surface area contributed by atoms with E-state index in [4.69, 9.17) is 5.11 Å². The summed E-state index contributed by atoms with van der Waals surface area (Å²) < 4.78 is 23.0. The average molecular weight is 240 g/mol. The van der Waals surface area contributed by atoms with Gasteiger partial charge < -0.3 is 5.11 Å². The van der Waals surface area contributed by atoms with Crippen molar-refractivity contribution >= 4 is 15.8 Å². The van der Waals surface area contributed by atoms with E-state index in [1.54, 1.807) is 18.2 Å². The topological polar surface area (TPSA) is 71.4 Å². The summed E-state index contributed by atoms with van der Waals surface area (Å²) in [6.07, 6.45) is 1.89. The van der Waals surface area contributed by atoms with Crippen LogP contribution < -0.4 is 0 Å². The Morgan fingerprint density at radius 3 is 2.62 bits per heavy atom. The monoisotopic (exact) mass is 240 g/mol. The van der Waals surface area contributed by atoms with Gasteiger partial charge in [0.2, 0.25) is 0 Å². The summed E-state index contributed by atoms with van der Waals surface area (Å²) in [5.41, 5.74) is 1.52. The summed E-state index contributed by atoms with van der Waals surface area (Å²) >= 11 is 0. The van der Waals surface area contributed by atoms with Crippen molar-refractivity contribution in [2.24, 2.45) is 5.92 Å². The van der Waals surface area contributed by atoms with Gasteiger partial charge in [-0.1, -0.05) is 12.1 Å². The normalized spacial score (nSPS) is 19.4. The molecule has 0 amide bonds. The molecule has 1 N–H and O–H groups in total. The highest BCUT2D eigenvalue weighted by Gasteiger charge is 2.30. The van der Waals surface area contributed by atoms with Crippen LogP contribution in [-0.2, 0) is 27.5 Å². The minimum Gasteiger partial charge on any atom is -0.481 e. The van der Waals surface area contributed by atoms with Gasteiger partial charge in [0.25, 0.3) is 0 Å². The molecule has 0 saturated heterocycles. The van der Waals surface area contributed by atoms with Gasteiger partial charge in [0.1, 0.15) is 0 Å². The summed E-state index contributed by atoms with van der Waals surface area (Å²) in [5.74, 6) is -1.35. The highest BCUT2D eigenvalue weighted by Crippen LogP contribution is 2.31. The number of hydrogen-bond acceptors (Lipinski definition) is 3. The Labute approximate surface area is 93.8 Å². The zero-order valence-electron chi connectivity index (χ0n) is 8.80. The van der Waals surface area contributed by atoms with E-state index in [0.717, 1.165) is 11.8 Å². The lowest BCUT2D eigenvalue weighted by Gasteiger charge is -2.05. The highest BCUT2D eigenvalue weighted by molar-refractivity contribution is 7.90. The number of hydrogen-bond donors (Lipinski definition) is 1. The van der Waals surface area contributed by atoms with Crippen molar-refractivity contribution in [3.05, 3.63) is 29.3 Å². The van der Waals surface area contributed by atoms with E-state index in [1.807, 2.05) is 0 Å². The summed E-state index contributed by atoms with van der Waals surface area (Å²) in [4.78, 5) is 11.2. The number of carboxylic acid groups (broad SMARTS) is 1. The number of carbonyl (C=O) groups is 1. The number of sulfone groups is 1. The van der Waals surface area contributed by atoms with Crippen LogP contribution in [0, 0.1) is 5.92 Å². The van der Waals surface area contributed by atoms with Gasteiger partial charge in [-0.05, 0) is 30.0 Å². The summed E-state index contributed by atoms with van der Waals surface area (Å²) in [7, 11) is -3.27. The van der Waals surface area contributed by atoms with Gasteiger partial charge in [0, 0.05) is 6.26 Å². The average Bonchev–Trinajstić information content (AvgIpc) is 2.58. The molecule has 0 fully saturated rings. The van der Waals surface area contributed by atoms with Crippen LogP contribution in [0.1, 0.15) is 11.1 Å². The van der Waals surface area contributed by atoms with Crippen LogP contribution in [0.2, 0.25) is 0 Å². The molecule has 0 aromatic heterocycles. The molecule has 5 heteroatoms. The van der Waals surface area contributed by atoms with Crippen molar-refractivity contribution in [3.63, 3.8) is 0 Å². The molecular formula is C11H12O4S. The van der Waals surface area contributed by atoms with Crippen molar-refractivity contribution in [2.75, 3.05) is 6.26 Å². The van der Waals surface area contributed by atoms with Crippen LogP contribution in [0.5, 0.6) is 0 Å². The van der Waals surface area contributed by atoms with E-state index < -0.39 is 21.7 Å². The molecule has 86 valence electrons. The van der Waals surface area contributed by atoms with Crippen LogP contribution in [-0.4, -0.2) is 25.7 Å². The Morgan fingerprint density at radius 2 is 2.06 bits per heavy atom. The number of carboxylic acids is 1. The fraction of sp³-hybridized carbons (Fsp3) is 0.364. The number of fused-ring (bicyclic) bond motifs is 1. The maximum atomic E-state index is 11.5. The second kappa shape index (κ2) is 3.59. The van der Waals surface area contributed by atoms with Crippen molar-refractivity contribution in [1.82, 2.24) is 0 Å².